The number of amides is 1. The van der Waals surface area contributed by atoms with Gasteiger partial charge in [-0.25, -0.2) is 0 Å². The fourth-order valence-corrected chi connectivity index (χ4v) is 1.62. The van der Waals surface area contributed by atoms with Crippen molar-refractivity contribution in [1.29, 1.82) is 0 Å². The number of carboxylic acids is 1. The van der Waals surface area contributed by atoms with E-state index in [1.165, 1.54) is 11.9 Å². The third kappa shape index (κ3) is 4.77. The van der Waals surface area contributed by atoms with Crippen molar-refractivity contribution in [2.45, 2.75) is 6.92 Å². The Morgan fingerprint density at radius 1 is 1.54 bits per heavy atom. The van der Waals surface area contributed by atoms with E-state index in [4.69, 9.17) is 5.11 Å². The number of aliphatic carboxylic acids is 1. The van der Waals surface area contributed by atoms with Gasteiger partial charge >= 0.3 is 5.97 Å². The van der Waals surface area contributed by atoms with Crippen molar-refractivity contribution in [1.82, 2.24) is 4.90 Å². The highest BCUT2D eigenvalue weighted by atomic mass is 32.2. The standard InChI is InChI=1S/C8H15NO3S/c1-6(5-13-3)8(12)9(2)4-7(10)11/h6H,4-5H2,1-3H3,(H,10,11). The number of hydrogen-bond donors (Lipinski definition) is 1. The van der Waals surface area contributed by atoms with Gasteiger partial charge in [-0.1, -0.05) is 6.92 Å². The van der Waals surface area contributed by atoms with E-state index in [2.05, 4.69) is 0 Å². The van der Waals surface area contributed by atoms with Gasteiger partial charge in [0.05, 0.1) is 0 Å². The monoisotopic (exact) mass is 205 g/mol. The summed E-state index contributed by atoms with van der Waals surface area (Å²) in [5, 5.41) is 8.45. The lowest BCUT2D eigenvalue weighted by Crippen LogP contribution is -2.36. The highest BCUT2D eigenvalue weighted by Gasteiger charge is 2.18. The second-order valence-corrected chi connectivity index (χ2v) is 3.86. The number of likely N-dealkylation sites (N-methyl/N-ethyl adjacent to an activating group) is 1. The molecular weight excluding hydrogens is 190 g/mol. The summed E-state index contributed by atoms with van der Waals surface area (Å²) in [6, 6.07) is 0. The molecule has 0 fully saturated rings. The minimum atomic E-state index is -0.979. The van der Waals surface area contributed by atoms with Crippen LogP contribution in [0.1, 0.15) is 6.92 Å². The van der Waals surface area contributed by atoms with Crippen LogP contribution in [0.15, 0.2) is 0 Å². The lowest BCUT2D eigenvalue weighted by Gasteiger charge is -2.18. The van der Waals surface area contributed by atoms with Gasteiger partial charge in [0.1, 0.15) is 6.54 Å². The number of rotatable bonds is 5. The molecule has 1 amide bonds. The molecule has 0 bridgehead atoms. The average molecular weight is 205 g/mol. The molecule has 0 radical (unpaired) electrons. The van der Waals surface area contributed by atoms with E-state index in [0.29, 0.717) is 0 Å². The molecular formula is C8H15NO3S. The van der Waals surface area contributed by atoms with Crippen LogP contribution < -0.4 is 0 Å². The number of thioether (sulfide) groups is 1. The first-order valence-corrected chi connectivity index (χ1v) is 5.34. The van der Waals surface area contributed by atoms with Crippen LogP contribution in [0.25, 0.3) is 0 Å². The van der Waals surface area contributed by atoms with Crippen molar-refractivity contribution >= 4 is 23.6 Å². The summed E-state index contributed by atoms with van der Waals surface area (Å²) in [5.74, 6) is -0.480. The maximum absolute atomic E-state index is 11.4. The molecule has 1 unspecified atom stereocenters. The van der Waals surface area contributed by atoms with Crippen molar-refractivity contribution in [2.75, 3.05) is 25.6 Å². The van der Waals surface area contributed by atoms with Gasteiger partial charge in [-0.15, -0.1) is 0 Å². The van der Waals surface area contributed by atoms with Crippen LogP contribution >= 0.6 is 11.8 Å². The van der Waals surface area contributed by atoms with Gasteiger partial charge in [0.2, 0.25) is 5.91 Å². The Morgan fingerprint density at radius 3 is 2.46 bits per heavy atom. The quantitative estimate of drug-likeness (QED) is 0.711. The summed E-state index contributed by atoms with van der Waals surface area (Å²) in [4.78, 5) is 23.0. The summed E-state index contributed by atoms with van der Waals surface area (Å²) in [6.45, 7) is 1.58. The van der Waals surface area contributed by atoms with Crippen LogP contribution in [0, 0.1) is 5.92 Å². The molecule has 0 spiro atoms. The lowest BCUT2D eigenvalue weighted by atomic mass is 10.2. The minimum Gasteiger partial charge on any atom is -0.480 e. The maximum atomic E-state index is 11.4. The molecule has 4 nitrogen and oxygen atoms in total. The van der Waals surface area contributed by atoms with Crippen molar-refractivity contribution in [3.8, 4) is 0 Å². The minimum absolute atomic E-state index is 0.112. The van der Waals surface area contributed by atoms with Crippen LogP contribution in [0.2, 0.25) is 0 Å². The fourth-order valence-electron chi connectivity index (χ4n) is 0.978. The summed E-state index contributed by atoms with van der Waals surface area (Å²) >= 11 is 1.58. The predicted octanol–water partition coefficient (Wildman–Crippen LogP) is 0.529. The molecule has 0 heterocycles. The van der Waals surface area contributed by atoms with E-state index in [9.17, 15) is 9.59 Å². The molecule has 0 aromatic rings. The molecule has 0 aromatic heterocycles. The molecule has 0 aliphatic rings. The van der Waals surface area contributed by atoms with E-state index < -0.39 is 5.97 Å². The van der Waals surface area contributed by atoms with E-state index >= 15 is 0 Å². The predicted molar refractivity (Wildman–Crippen MR) is 52.8 cm³/mol. The zero-order chi connectivity index (χ0) is 10.4. The number of carbonyl (C=O) groups is 2. The van der Waals surface area contributed by atoms with Gasteiger partial charge in [0.25, 0.3) is 0 Å². The molecule has 76 valence electrons. The smallest absolute Gasteiger partial charge is 0.323 e. The second kappa shape index (κ2) is 5.85. The van der Waals surface area contributed by atoms with E-state index in [1.54, 1.807) is 18.7 Å². The van der Waals surface area contributed by atoms with Gasteiger partial charge < -0.3 is 10.0 Å². The fraction of sp³-hybridized carbons (Fsp3) is 0.750. The normalized spacial score (nSPS) is 12.2. The van der Waals surface area contributed by atoms with E-state index in [0.717, 1.165) is 5.75 Å². The van der Waals surface area contributed by atoms with Crippen LogP contribution in [-0.2, 0) is 9.59 Å². The molecule has 5 heteroatoms. The SMILES string of the molecule is CSCC(C)C(=O)N(C)CC(=O)O. The van der Waals surface area contributed by atoms with Crippen molar-refractivity contribution in [3.05, 3.63) is 0 Å². The summed E-state index contributed by atoms with van der Waals surface area (Å²) in [5.41, 5.74) is 0. The van der Waals surface area contributed by atoms with Crippen LogP contribution in [0.4, 0.5) is 0 Å². The third-order valence-corrected chi connectivity index (χ3v) is 2.42. The molecule has 0 saturated carbocycles. The van der Waals surface area contributed by atoms with Gasteiger partial charge in [-0.3, -0.25) is 9.59 Å². The Balaban J connectivity index is 4.01. The zero-order valence-electron chi connectivity index (χ0n) is 8.11. The van der Waals surface area contributed by atoms with Crippen molar-refractivity contribution in [3.63, 3.8) is 0 Å². The van der Waals surface area contributed by atoms with Gasteiger partial charge in [0, 0.05) is 18.7 Å². The van der Waals surface area contributed by atoms with Crippen LogP contribution in [-0.4, -0.2) is 47.5 Å². The highest BCUT2D eigenvalue weighted by molar-refractivity contribution is 7.98. The summed E-state index contributed by atoms with van der Waals surface area (Å²) in [7, 11) is 1.51. The number of hydrogen-bond acceptors (Lipinski definition) is 3. The Bertz CT molecular complexity index is 196. The average Bonchev–Trinajstić information content (AvgIpc) is 2.02. The number of carboxylic acid groups (broad SMARTS) is 1. The van der Waals surface area contributed by atoms with Crippen LogP contribution in [0.5, 0.6) is 0 Å². The molecule has 0 aliphatic heterocycles. The van der Waals surface area contributed by atoms with Gasteiger partial charge in [-0.2, -0.15) is 11.8 Å². The van der Waals surface area contributed by atoms with Crippen molar-refractivity contribution < 1.29 is 14.7 Å². The molecule has 0 aromatic carbocycles. The Kier molecular flexibility index (Phi) is 5.53. The van der Waals surface area contributed by atoms with Crippen LogP contribution in [0.3, 0.4) is 0 Å². The van der Waals surface area contributed by atoms with Gasteiger partial charge in [0.15, 0.2) is 0 Å². The topological polar surface area (TPSA) is 57.6 Å². The first-order valence-electron chi connectivity index (χ1n) is 3.94. The summed E-state index contributed by atoms with van der Waals surface area (Å²) in [6.07, 6.45) is 1.92. The maximum Gasteiger partial charge on any atom is 0.323 e. The second-order valence-electron chi connectivity index (χ2n) is 2.94. The van der Waals surface area contributed by atoms with Crippen molar-refractivity contribution in [2.24, 2.45) is 5.92 Å². The lowest BCUT2D eigenvalue weighted by molar-refractivity contribution is -0.144. The largest absolute Gasteiger partial charge is 0.480 e. The Labute approximate surface area is 82.3 Å². The molecule has 1 N–H and O–H groups in total. The first-order chi connectivity index (χ1) is 5.99. The number of nitrogens with zero attached hydrogens (tertiary/aromatic N) is 1. The first kappa shape index (κ1) is 12.3. The summed E-state index contributed by atoms with van der Waals surface area (Å²) < 4.78 is 0. The van der Waals surface area contributed by atoms with E-state index in [1.807, 2.05) is 6.26 Å². The van der Waals surface area contributed by atoms with E-state index in [-0.39, 0.29) is 18.4 Å². The molecule has 0 rings (SSSR count). The molecule has 13 heavy (non-hydrogen) atoms. The zero-order valence-corrected chi connectivity index (χ0v) is 8.93. The molecule has 0 saturated heterocycles. The molecule has 1 atom stereocenters. The third-order valence-electron chi connectivity index (χ3n) is 1.59. The Hall–Kier alpha value is -0.710. The molecule has 0 aliphatic carbocycles. The number of carbonyl (C=O) groups excluding carboxylic acids is 1. The van der Waals surface area contributed by atoms with Gasteiger partial charge in [-0.05, 0) is 6.26 Å². The highest BCUT2D eigenvalue weighted by Crippen LogP contribution is 2.07. The Morgan fingerprint density at radius 2 is 2.08 bits per heavy atom.